The molecule has 0 radical (unpaired) electrons. The van der Waals surface area contributed by atoms with Crippen LogP contribution in [-0.2, 0) is 4.79 Å². The standard InChI is InChI=1S/C24H17ClFNO3S2/c25-18-8-1-4-11-21(18)30-13-12-29-17-7-5-6-16(14-17)15-22-23(28)27(24(31)32-22)20-10-3-2-9-19(20)26/h1-11,14-15H,12-13H2/b22-15-. The van der Waals surface area contributed by atoms with E-state index < -0.39 is 5.82 Å². The van der Waals surface area contributed by atoms with Crippen LogP contribution in [0.1, 0.15) is 5.56 Å². The number of rotatable bonds is 7. The molecule has 0 aromatic heterocycles. The van der Waals surface area contributed by atoms with Crippen LogP contribution in [0.25, 0.3) is 6.08 Å². The van der Waals surface area contributed by atoms with Crippen LogP contribution in [0.3, 0.4) is 0 Å². The van der Waals surface area contributed by atoms with Crippen molar-refractivity contribution in [1.82, 2.24) is 0 Å². The van der Waals surface area contributed by atoms with Gasteiger partial charge < -0.3 is 9.47 Å². The summed E-state index contributed by atoms with van der Waals surface area (Å²) in [4.78, 5) is 14.5. The second-order valence-corrected chi connectivity index (χ2v) is 8.75. The van der Waals surface area contributed by atoms with Gasteiger partial charge in [0.2, 0.25) is 0 Å². The number of halogens is 2. The largest absolute Gasteiger partial charge is 0.490 e. The number of ether oxygens (including phenoxy) is 2. The van der Waals surface area contributed by atoms with Gasteiger partial charge in [-0.25, -0.2) is 4.39 Å². The van der Waals surface area contributed by atoms with Crippen molar-refractivity contribution in [2.24, 2.45) is 0 Å². The fourth-order valence-electron chi connectivity index (χ4n) is 3.03. The molecular weight excluding hydrogens is 469 g/mol. The van der Waals surface area contributed by atoms with Gasteiger partial charge in [0, 0.05) is 0 Å². The van der Waals surface area contributed by atoms with Gasteiger partial charge in [-0.05, 0) is 48.0 Å². The first-order valence-corrected chi connectivity index (χ1v) is 11.3. The molecule has 1 heterocycles. The van der Waals surface area contributed by atoms with E-state index in [0.717, 1.165) is 17.3 Å². The van der Waals surface area contributed by atoms with E-state index >= 15 is 0 Å². The maximum atomic E-state index is 14.2. The number of amides is 1. The predicted octanol–water partition coefficient (Wildman–Crippen LogP) is 6.34. The Morgan fingerprint density at radius 2 is 1.75 bits per heavy atom. The number of carbonyl (C=O) groups excluding carboxylic acids is 1. The molecule has 4 nitrogen and oxygen atoms in total. The summed E-state index contributed by atoms with van der Waals surface area (Å²) in [6, 6.07) is 20.6. The quantitative estimate of drug-likeness (QED) is 0.222. The molecule has 0 atom stereocenters. The minimum atomic E-state index is -0.501. The molecule has 0 aliphatic carbocycles. The van der Waals surface area contributed by atoms with Crippen LogP contribution < -0.4 is 14.4 Å². The average molecular weight is 486 g/mol. The van der Waals surface area contributed by atoms with E-state index in [2.05, 4.69) is 0 Å². The molecule has 3 aromatic rings. The van der Waals surface area contributed by atoms with E-state index in [1.54, 1.807) is 30.3 Å². The number of thioether (sulfide) groups is 1. The van der Waals surface area contributed by atoms with Gasteiger partial charge in [0.15, 0.2) is 4.32 Å². The Labute approximate surface area is 199 Å². The summed E-state index contributed by atoms with van der Waals surface area (Å²) in [5.41, 5.74) is 0.914. The molecule has 4 rings (SSSR count). The Morgan fingerprint density at radius 3 is 2.56 bits per heavy atom. The SMILES string of the molecule is O=C1/C(=C/c2cccc(OCCOc3ccccc3Cl)c2)SC(=S)N1c1ccccc1F. The highest BCUT2D eigenvalue weighted by molar-refractivity contribution is 8.27. The Bertz CT molecular complexity index is 1200. The number of hydrogen-bond donors (Lipinski definition) is 0. The lowest BCUT2D eigenvalue weighted by Gasteiger charge is -2.14. The summed E-state index contributed by atoms with van der Waals surface area (Å²) in [6.45, 7) is 0.652. The van der Waals surface area contributed by atoms with Crippen LogP contribution in [0, 0.1) is 5.82 Å². The van der Waals surface area contributed by atoms with Crippen molar-refractivity contribution in [1.29, 1.82) is 0 Å². The highest BCUT2D eigenvalue weighted by atomic mass is 35.5. The van der Waals surface area contributed by atoms with E-state index in [1.165, 1.54) is 17.0 Å². The molecule has 1 fully saturated rings. The van der Waals surface area contributed by atoms with Gasteiger partial charge in [-0.3, -0.25) is 9.69 Å². The second-order valence-electron chi connectivity index (χ2n) is 6.67. The zero-order chi connectivity index (χ0) is 22.5. The monoisotopic (exact) mass is 485 g/mol. The summed E-state index contributed by atoms with van der Waals surface area (Å²) < 4.78 is 25.8. The van der Waals surface area contributed by atoms with E-state index in [4.69, 9.17) is 33.3 Å². The van der Waals surface area contributed by atoms with Crippen LogP contribution in [0.15, 0.2) is 77.7 Å². The molecule has 1 saturated heterocycles. The number of hydrogen-bond acceptors (Lipinski definition) is 5. The lowest BCUT2D eigenvalue weighted by atomic mass is 10.2. The van der Waals surface area contributed by atoms with Gasteiger partial charge in [0.05, 0.1) is 15.6 Å². The van der Waals surface area contributed by atoms with Crippen LogP contribution in [0.4, 0.5) is 10.1 Å². The number of carbonyl (C=O) groups is 1. The van der Waals surface area contributed by atoms with Gasteiger partial charge in [0.25, 0.3) is 5.91 Å². The lowest BCUT2D eigenvalue weighted by Crippen LogP contribution is -2.28. The van der Waals surface area contributed by atoms with Gasteiger partial charge in [-0.2, -0.15) is 0 Å². The molecule has 32 heavy (non-hydrogen) atoms. The Hall–Kier alpha value is -2.87. The lowest BCUT2D eigenvalue weighted by molar-refractivity contribution is -0.113. The van der Waals surface area contributed by atoms with Crippen LogP contribution >= 0.6 is 35.6 Å². The maximum absolute atomic E-state index is 14.2. The first kappa shape index (κ1) is 22.3. The smallest absolute Gasteiger partial charge is 0.270 e. The van der Waals surface area contributed by atoms with Crippen molar-refractivity contribution >= 4 is 57.6 Å². The first-order valence-electron chi connectivity index (χ1n) is 9.65. The minimum Gasteiger partial charge on any atom is -0.490 e. The second kappa shape index (κ2) is 10.2. The molecule has 0 bridgehead atoms. The number of nitrogens with zero attached hydrogens (tertiary/aromatic N) is 1. The van der Waals surface area contributed by atoms with Crippen molar-refractivity contribution in [2.45, 2.75) is 0 Å². The Kier molecular flexibility index (Phi) is 7.09. The Morgan fingerprint density at radius 1 is 1.00 bits per heavy atom. The molecule has 0 spiro atoms. The van der Waals surface area contributed by atoms with E-state index in [0.29, 0.717) is 34.6 Å². The van der Waals surface area contributed by atoms with Crippen molar-refractivity contribution in [3.63, 3.8) is 0 Å². The van der Waals surface area contributed by atoms with Gasteiger partial charge in [-0.1, -0.05) is 72.0 Å². The summed E-state index contributed by atoms with van der Waals surface area (Å²) in [6.07, 6.45) is 1.72. The molecule has 3 aromatic carbocycles. The molecule has 1 amide bonds. The third-order valence-electron chi connectivity index (χ3n) is 4.49. The first-order chi connectivity index (χ1) is 15.5. The van der Waals surface area contributed by atoms with Crippen molar-refractivity contribution in [3.05, 3.63) is 94.1 Å². The molecule has 1 aliphatic rings. The van der Waals surface area contributed by atoms with Crippen molar-refractivity contribution in [3.8, 4) is 11.5 Å². The maximum Gasteiger partial charge on any atom is 0.270 e. The van der Waals surface area contributed by atoms with E-state index in [-0.39, 0.29) is 15.9 Å². The van der Waals surface area contributed by atoms with Crippen LogP contribution in [-0.4, -0.2) is 23.4 Å². The zero-order valence-corrected chi connectivity index (χ0v) is 19.1. The van der Waals surface area contributed by atoms with Crippen molar-refractivity contribution < 1.29 is 18.7 Å². The average Bonchev–Trinajstić information content (AvgIpc) is 3.06. The normalized spacial score (nSPS) is 14.8. The molecule has 0 N–H and O–H groups in total. The molecule has 0 saturated carbocycles. The third-order valence-corrected chi connectivity index (χ3v) is 6.10. The van der Waals surface area contributed by atoms with Crippen molar-refractivity contribution in [2.75, 3.05) is 18.1 Å². The number of benzene rings is 3. The van der Waals surface area contributed by atoms with Crippen LogP contribution in [0.2, 0.25) is 5.02 Å². The highest BCUT2D eigenvalue weighted by Gasteiger charge is 2.34. The summed E-state index contributed by atoms with van der Waals surface area (Å²) in [5, 5.41) is 0.544. The van der Waals surface area contributed by atoms with Gasteiger partial charge >= 0.3 is 0 Å². The third kappa shape index (κ3) is 5.12. The molecule has 162 valence electrons. The minimum absolute atomic E-state index is 0.147. The predicted molar refractivity (Wildman–Crippen MR) is 131 cm³/mol. The molecular formula is C24H17ClFNO3S2. The summed E-state index contributed by atoms with van der Waals surface area (Å²) >= 11 is 12.5. The van der Waals surface area contributed by atoms with E-state index in [1.807, 2.05) is 36.4 Å². The molecule has 8 heteroatoms. The van der Waals surface area contributed by atoms with Gasteiger partial charge in [0.1, 0.15) is 30.5 Å². The summed E-state index contributed by atoms with van der Waals surface area (Å²) in [5.74, 6) is 0.374. The van der Waals surface area contributed by atoms with E-state index in [9.17, 15) is 9.18 Å². The zero-order valence-electron chi connectivity index (χ0n) is 16.7. The number of thiocarbonyl (C=S) groups is 1. The highest BCUT2D eigenvalue weighted by Crippen LogP contribution is 2.37. The fraction of sp³-hybridized carbons (Fsp3) is 0.0833. The van der Waals surface area contributed by atoms with Gasteiger partial charge in [-0.15, -0.1) is 0 Å². The number of para-hydroxylation sites is 2. The van der Waals surface area contributed by atoms with Crippen LogP contribution in [0.5, 0.6) is 11.5 Å². The Balaban J connectivity index is 1.41. The topological polar surface area (TPSA) is 38.8 Å². The number of anilines is 1. The summed E-state index contributed by atoms with van der Waals surface area (Å²) in [7, 11) is 0. The molecule has 0 unspecified atom stereocenters. The molecule has 1 aliphatic heterocycles. The fourth-order valence-corrected chi connectivity index (χ4v) is 4.50.